The molecule has 0 radical (unpaired) electrons. The van der Waals surface area contributed by atoms with Crippen LogP contribution in [-0.4, -0.2) is 111 Å². The van der Waals surface area contributed by atoms with E-state index in [9.17, 15) is 24.6 Å². The number of piperidine rings is 1. The van der Waals surface area contributed by atoms with Crippen LogP contribution in [0.3, 0.4) is 0 Å². The number of aromatic hydroxyl groups is 2. The maximum atomic E-state index is 13.3. The van der Waals surface area contributed by atoms with Gasteiger partial charge in [0.15, 0.2) is 0 Å². The summed E-state index contributed by atoms with van der Waals surface area (Å²) in [6.45, 7) is 14.4. The van der Waals surface area contributed by atoms with E-state index in [0.717, 1.165) is 47.8 Å². The molecular weight excluding hydrogens is 719 g/mol. The molecule has 53 heavy (non-hydrogen) atoms. The molecule has 286 valence electrons. The van der Waals surface area contributed by atoms with Gasteiger partial charge in [0.1, 0.15) is 39.9 Å². The molecule has 1 spiro atoms. The lowest BCUT2D eigenvalue weighted by Crippen LogP contribution is -2.58. The van der Waals surface area contributed by atoms with Gasteiger partial charge in [-0.2, -0.15) is 0 Å². The first-order valence-corrected chi connectivity index (χ1v) is 19.7. The summed E-state index contributed by atoms with van der Waals surface area (Å²) in [7, 11) is 0. The SMILES string of the molecule is CC(C)c1ncc(C(=O)N2CCOC3(CCN(CCOc4ccc(CN(CCc5ccc(O)c6[nH]c(=O)sc56)C(=O)OC(C)(C)C)c(O)c4)CC3)C2)s1. The quantitative estimate of drug-likeness (QED) is 0.167. The highest BCUT2D eigenvalue weighted by atomic mass is 32.1. The molecule has 4 aromatic rings. The Hall–Kier alpha value is -4.18. The summed E-state index contributed by atoms with van der Waals surface area (Å²) in [5.74, 6) is 0.838. The first kappa shape index (κ1) is 38.5. The molecular formula is C38H49N5O8S2. The number of H-pyrrole nitrogens is 1. The topological polar surface area (TPSA) is 158 Å². The number of carbonyl (C=O) groups is 2. The number of hydrogen-bond donors (Lipinski definition) is 3. The number of ether oxygens (including phenoxy) is 3. The average molecular weight is 768 g/mol. The molecule has 15 heteroatoms. The Morgan fingerprint density at radius 1 is 1.08 bits per heavy atom. The van der Waals surface area contributed by atoms with Crippen molar-refractivity contribution in [2.45, 2.75) is 77.5 Å². The maximum Gasteiger partial charge on any atom is 0.410 e. The van der Waals surface area contributed by atoms with Crippen molar-refractivity contribution < 1.29 is 34.0 Å². The number of aromatic amines is 1. The molecule has 2 aromatic carbocycles. The molecule has 2 amide bonds. The van der Waals surface area contributed by atoms with E-state index in [2.05, 4.69) is 28.7 Å². The van der Waals surface area contributed by atoms with Crippen LogP contribution in [0, 0.1) is 0 Å². The van der Waals surface area contributed by atoms with E-state index in [1.165, 1.54) is 22.3 Å². The Kier molecular flexibility index (Phi) is 11.7. The highest BCUT2D eigenvalue weighted by molar-refractivity contribution is 7.16. The highest BCUT2D eigenvalue weighted by Crippen LogP contribution is 2.33. The van der Waals surface area contributed by atoms with Gasteiger partial charge in [-0.05, 0) is 63.8 Å². The molecule has 0 bridgehead atoms. The molecule has 2 aliphatic rings. The highest BCUT2D eigenvalue weighted by Gasteiger charge is 2.41. The van der Waals surface area contributed by atoms with Gasteiger partial charge >= 0.3 is 11.0 Å². The number of likely N-dealkylation sites (tertiary alicyclic amines) is 1. The monoisotopic (exact) mass is 767 g/mol. The second-order valence-corrected chi connectivity index (χ2v) is 17.1. The van der Waals surface area contributed by atoms with E-state index in [1.807, 2.05) is 4.90 Å². The smallest absolute Gasteiger partial charge is 0.410 e. The zero-order chi connectivity index (χ0) is 37.9. The lowest BCUT2D eigenvalue weighted by Gasteiger charge is -2.47. The van der Waals surface area contributed by atoms with Crippen molar-refractivity contribution in [2.24, 2.45) is 0 Å². The zero-order valence-corrected chi connectivity index (χ0v) is 32.6. The second kappa shape index (κ2) is 16.0. The molecule has 2 aliphatic heterocycles. The second-order valence-electron chi connectivity index (χ2n) is 15.1. The number of rotatable bonds is 11. The van der Waals surface area contributed by atoms with Crippen LogP contribution in [0.5, 0.6) is 17.2 Å². The van der Waals surface area contributed by atoms with Crippen LogP contribution in [0.15, 0.2) is 41.3 Å². The van der Waals surface area contributed by atoms with Crippen molar-refractivity contribution in [3.63, 3.8) is 0 Å². The van der Waals surface area contributed by atoms with Crippen molar-refractivity contribution in [3.8, 4) is 17.2 Å². The molecule has 6 rings (SSSR count). The number of aromatic nitrogens is 2. The van der Waals surface area contributed by atoms with Crippen LogP contribution in [0.25, 0.3) is 10.2 Å². The Labute approximate surface area is 317 Å². The summed E-state index contributed by atoms with van der Waals surface area (Å²) in [5.41, 5.74) is 0.651. The van der Waals surface area contributed by atoms with Crippen LogP contribution < -0.4 is 9.61 Å². The third-order valence-corrected chi connectivity index (χ3v) is 11.8. The van der Waals surface area contributed by atoms with Gasteiger partial charge in [0.25, 0.3) is 5.91 Å². The summed E-state index contributed by atoms with van der Waals surface area (Å²) >= 11 is 2.49. The summed E-state index contributed by atoms with van der Waals surface area (Å²) in [6, 6.07) is 8.35. The van der Waals surface area contributed by atoms with E-state index in [4.69, 9.17) is 14.2 Å². The molecule has 0 unspecified atom stereocenters. The third kappa shape index (κ3) is 9.50. The van der Waals surface area contributed by atoms with Crippen molar-refractivity contribution in [2.75, 3.05) is 52.5 Å². The predicted octanol–water partition coefficient (Wildman–Crippen LogP) is 5.95. The van der Waals surface area contributed by atoms with E-state index in [1.54, 1.807) is 51.2 Å². The number of morpholine rings is 1. The number of carbonyl (C=O) groups excluding carboxylic acids is 2. The van der Waals surface area contributed by atoms with Crippen molar-refractivity contribution in [1.29, 1.82) is 0 Å². The van der Waals surface area contributed by atoms with Crippen LogP contribution in [0.1, 0.15) is 79.2 Å². The fourth-order valence-corrected chi connectivity index (χ4v) is 8.45. The number of nitrogens with one attached hydrogen (secondary N) is 1. The third-order valence-electron chi connectivity index (χ3n) is 9.57. The molecule has 2 fully saturated rings. The molecule has 0 atom stereocenters. The standard InChI is InChI=1S/C38H49N5O8S2/c1-24(2)33-39-21-30(52-33)34(46)43-17-19-50-38(23-43)11-14-41(15-12-38)16-18-49-27-8-6-26(29(45)20-27)22-42(36(48)51-37(3,4)5)13-10-25-7-9-28(44)31-32(25)53-35(47)40-31/h6-9,20-21,24,44-45H,10-19,22-23H2,1-5H3,(H,40,47). The minimum atomic E-state index is -0.723. The normalized spacial score (nSPS) is 16.4. The van der Waals surface area contributed by atoms with Gasteiger partial charge in [0.05, 0.1) is 41.2 Å². The zero-order valence-electron chi connectivity index (χ0n) is 31.0. The Balaban J connectivity index is 1.01. The Morgan fingerprint density at radius 3 is 2.53 bits per heavy atom. The Morgan fingerprint density at radius 2 is 1.83 bits per heavy atom. The van der Waals surface area contributed by atoms with Gasteiger partial charge in [-0.25, -0.2) is 9.78 Å². The number of nitrogens with zero attached hydrogens (tertiary/aromatic N) is 4. The molecule has 2 saturated heterocycles. The number of phenolic OH excluding ortho intramolecular Hbond substituents is 2. The molecule has 0 aliphatic carbocycles. The van der Waals surface area contributed by atoms with Gasteiger partial charge in [-0.15, -0.1) is 11.3 Å². The van der Waals surface area contributed by atoms with Crippen molar-refractivity contribution >= 4 is 44.9 Å². The number of hydrogen-bond acceptors (Lipinski definition) is 12. The molecule has 2 aromatic heterocycles. The fourth-order valence-electron chi connectivity index (χ4n) is 6.67. The minimum Gasteiger partial charge on any atom is -0.507 e. The number of amides is 2. The fraction of sp³-hybridized carbons (Fsp3) is 0.526. The van der Waals surface area contributed by atoms with E-state index in [0.29, 0.717) is 71.6 Å². The Bertz CT molecular complexity index is 1970. The minimum absolute atomic E-state index is 0.000779. The predicted molar refractivity (Wildman–Crippen MR) is 205 cm³/mol. The van der Waals surface area contributed by atoms with Crippen LogP contribution >= 0.6 is 22.7 Å². The van der Waals surface area contributed by atoms with Gasteiger partial charge in [0.2, 0.25) is 0 Å². The average Bonchev–Trinajstić information content (AvgIpc) is 3.76. The molecule has 4 heterocycles. The van der Waals surface area contributed by atoms with Gasteiger partial charge in [-0.1, -0.05) is 31.3 Å². The first-order chi connectivity index (χ1) is 25.2. The summed E-state index contributed by atoms with van der Waals surface area (Å²) in [5, 5.41) is 22.1. The van der Waals surface area contributed by atoms with Crippen LogP contribution in [-0.2, 0) is 22.4 Å². The number of benzene rings is 2. The number of phenols is 2. The summed E-state index contributed by atoms with van der Waals surface area (Å²) in [6.07, 6.45) is 3.22. The van der Waals surface area contributed by atoms with Crippen molar-refractivity contribution in [1.82, 2.24) is 24.7 Å². The van der Waals surface area contributed by atoms with Gasteiger partial charge < -0.3 is 39.2 Å². The number of fused-ring (bicyclic) bond motifs is 1. The largest absolute Gasteiger partial charge is 0.507 e. The first-order valence-electron chi connectivity index (χ1n) is 18.1. The summed E-state index contributed by atoms with van der Waals surface area (Å²) in [4.78, 5) is 51.8. The van der Waals surface area contributed by atoms with Crippen LogP contribution in [0.2, 0.25) is 0 Å². The number of thiazole rings is 2. The van der Waals surface area contributed by atoms with Gasteiger partial charge in [-0.3, -0.25) is 14.5 Å². The van der Waals surface area contributed by atoms with Gasteiger partial charge in [0, 0.05) is 50.3 Å². The lowest BCUT2D eigenvalue weighted by atomic mass is 9.89. The molecule has 13 nitrogen and oxygen atoms in total. The van der Waals surface area contributed by atoms with Crippen LogP contribution in [0.4, 0.5) is 4.79 Å². The van der Waals surface area contributed by atoms with E-state index < -0.39 is 11.7 Å². The van der Waals surface area contributed by atoms with Crippen molar-refractivity contribution in [3.05, 3.63) is 67.2 Å². The lowest BCUT2D eigenvalue weighted by molar-refractivity contribution is -0.127. The van der Waals surface area contributed by atoms with E-state index in [-0.39, 0.29) is 41.0 Å². The maximum absolute atomic E-state index is 13.3. The molecule has 3 N–H and O–H groups in total. The summed E-state index contributed by atoms with van der Waals surface area (Å²) < 4.78 is 18.6. The molecule has 0 saturated carbocycles. The van der Waals surface area contributed by atoms with E-state index >= 15 is 0 Å².